The second-order valence-electron chi connectivity index (χ2n) is 7.82. The Labute approximate surface area is 192 Å². The van der Waals surface area contributed by atoms with Crippen molar-refractivity contribution in [1.29, 1.82) is 0 Å². The Kier molecular flexibility index (Phi) is 6.73. The van der Waals surface area contributed by atoms with E-state index in [0.29, 0.717) is 37.4 Å². The van der Waals surface area contributed by atoms with Crippen LogP contribution in [0.3, 0.4) is 0 Å². The summed E-state index contributed by atoms with van der Waals surface area (Å²) in [5.74, 6) is -0.671. The highest BCUT2D eigenvalue weighted by atomic mass is 16.2. The third kappa shape index (κ3) is 5.23. The van der Waals surface area contributed by atoms with Crippen LogP contribution in [0, 0.1) is 6.92 Å². The average molecular weight is 444 g/mol. The van der Waals surface area contributed by atoms with Gasteiger partial charge in [-0.05, 0) is 18.6 Å². The summed E-state index contributed by atoms with van der Waals surface area (Å²) in [5.41, 5.74) is 3.34. The van der Waals surface area contributed by atoms with Gasteiger partial charge in [0.2, 0.25) is 5.91 Å². The molecular formula is C25H25N5O3. The average Bonchev–Trinajstić information content (AvgIpc) is 2.87. The number of hydrogen-bond acceptors (Lipinski definition) is 5. The molecule has 8 heteroatoms. The van der Waals surface area contributed by atoms with Crippen LogP contribution in [0.15, 0.2) is 67.0 Å². The maximum Gasteiger partial charge on any atom is 0.271 e. The van der Waals surface area contributed by atoms with Crippen LogP contribution in [-0.4, -0.2) is 70.2 Å². The van der Waals surface area contributed by atoms with Crippen molar-refractivity contribution in [3.05, 3.63) is 83.8 Å². The van der Waals surface area contributed by atoms with Gasteiger partial charge < -0.3 is 15.1 Å². The summed E-state index contributed by atoms with van der Waals surface area (Å²) in [7, 11) is 0. The summed E-state index contributed by atoms with van der Waals surface area (Å²) in [6.45, 7) is 3.55. The van der Waals surface area contributed by atoms with E-state index in [4.69, 9.17) is 0 Å². The number of piperazine rings is 1. The van der Waals surface area contributed by atoms with Crippen LogP contribution in [0.1, 0.15) is 26.4 Å². The quantitative estimate of drug-likeness (QED) is 0.652. The van der Waals surface area contributed by atoms with Gasteiger partial charge in [0.15, 0.2) is 0 Å². The largest absolute Gasteiger partial charge is 0.342 e. The van der Waals surface area contributed by atoms with Crippen LogP contribution in [0.5, 0.6) is 0 Å². The van der Waals surface area contributed by atoms with Crippen LogP contribution in [0.4, 0.5) is 0 Å². The van der Waals surface area contributed by atoms with E-state index in [-0.39, 0.29) is 24.1 Å². The second kappa shape index (κ2) is 10.0. The number of carbonyl (C=O) groups is 3. The lowest BCUT2D eigenvalue weighted by atomic mass is 10.1. The molecule has 3 amide bonds. The van der Waals surface area contributed by atoms with Gasteiger partial charge in [0.25, 0.3) is 11.8 Å². The van der Waals surface area contributed by atoms with Gasteiger partial charge in [0.1, 0.15) is 5.69 Å². The zero-order chi connectivity index (χ0) is 23.2. The number of nitrogens with zero attached hydrogens (tertiary/aromatic N) is 4. The van der Waals surface area contributed by atoms with E-state index in [2.05, 4.69) is 15.3 Å². The van der Waals surface area contributed by atoms with E-state index < -0.39 is 5.91 Å². The Morgan fingerprint density at radius 1 is 0.848 bits per heavy atom. The molecule has 0 radical (unpaired) electrons. The van der Waals surface area contributed by atoms with Gasteiger partial charge in [-0.25, -0.2) is 4.98 Å². The summed E-state index contributed by atoms with van der Waals surface area (Å²) in [5, 5.41) is 2.61. The summed E-state index contributed by atoms with van der Waals surface area (Å²) in [6.07, 6.45) is 2.94. The van der Waals surface area contributed by atoms with Crippen LogP contribution in [0.2, 0.25) is 0 Å². The highest BCUT2D eigenvalue weighted by Gasteiger charge is 2.25. The summed E-state index contributed by atoms with van der Waals surface area (Å²) in [6, 6.07) is 17.0. The molecule has 168 valence electrons. The lowest BCUT2D eigenvalue weighted by Crippen LogP contribution is -2.52. The van der Waals surface area contributed by atoms with Gasteiger partial charge in [-0.15, -0.1) is 0 Å². The van der Waals surface area contributed by atoms with Gasteiger partial charge in [0, 0.05) is 37.3 Å². The predicted octanol–water partition coefficient (Wildman–Crippen LogP) is 2.17. The molecule has 2 heterocycles. The van der Waals surface area contributed by atoms with Gasteiger partial charge in [0.05, 0.1) is 24.6 Å². The van der Waals surface area contributed by atoms with Crippen molar-refractivity contribution in [3.63, 3.8) is 0 Å². The van der Waals surface area contributed by atoms with Crippen molar-refractivity contribution >= 4 is 17.7 Å². The van der Waals surface area contributed by atoms with Crippen molar-refractivity contribution in [2.24, 2.45) is 0 Å². The van der Waals surface area contributed by atoms with E-state index in [0.717, 1.165) is 11.1 Å². The fraction of sp³-hybridized carbons (Fsp3) is 0.240. The molecule has 2 aromatic carbocycles. The maximum absolute atomic E-state index is 12.7. The predicted molar refractivity (Wildman–Crippen MR) is 123 cm³/mol. The van der Waals surface area contributed by atoms with Crippen LogP contribution in [0.25, 0.3) is 11.3 Å². The van der Waals surface area contributed by atoms with Gasteiger partial charge in [-0.1, -0.05) is 48.5 Å². The number of carbonyl (C=O) groups excluding carboxylic acids is 3. The minimum atomic E-state index is -0.455. The molecule has 1 saturated heterocycles. The van der Waals surface area contributed by atoms with Crippen molar-refractivity contribution in [1.82, 2.24) is 25.1 Å². The Bertz CT molecular complexity index is 1140. The number of benzene rings is 2. The lowest BCUT2D eigenvalue weighted by molar-refractivity contribution is -0.131. The lowest BCUT2D eigenvalue weighted by Gasteiger charge is -2.35. The second-order valence-corrected chi connectivity index (χ2v) is 7.82. The first-order valence-corrected chi connectivity index (χ1v) is 10.8. The van der Waals surface area contributed by atoms with E-state index in [1.54, 1.807) is 9.80 Å². The number of nitrogens with one attached hydrogen (secondary N) is 1. The monoisotopic (exact) mass is 443 g/mol. The Morgan fingerprint density at radius 2 is 1.52 bits per heavy atom. The fourth-order valence-electron chi connectivity index (χ4n) is 3.70. The first kappa shape index (κ1) is 22.1. The smallest absolute Gasteiger partial charge is 0.271 e. The molecule has 0 aliphatic carbocycles. The number of aromatic nitrogens is 2. The van der Waals surface area contributed by atoms with E-state index in [1.165, 1.54) is 12.4 Å². The fourth-order valence-corrected chi connectivity index (χ4v) is 3.70. The number of hydrogen-bond donors (Lipinski definition) is 1. The molecule has 3 aromatic rings. The van der Waals surface area contributed by atoms with E-state index in [9.17, 15) is 14.4 Å². The van der Waals surface area contributed by atoms with Crippen LogP contribution >= 0.6 is 0 Å². The topological polar surface area (TPSA) is 95.5 Å². The molecule has 0 unspecified atom stereocenters. The molecule has 1 fully saturated rings. The molecule has 0 atom stereocenters. The van der Waals surface area contributed by atoms with Crippen LogP contribution < -0.4 is 5.32 Å². The first-order valence-electron chi connectivity index (χ1n) is 10.8. The van der Waals surface area contributed by atoms with Crippen LogP contribution in [-0.2, 0) is 4.79 Å². The molecule has 0 bridgehead atoms. The Hall–Kier alpha value is -4.07. The van der Waals surface area contributed by atoms with Gasteiger partial charge in [-0.2, -0.15) is 0 Å². The summed E-state index contributed by atoms with van der Waals surface area (Å²) < 4.78 is 0. The zero-order valence-corrected chi connectivity index (χ0v) is 18.4. The molecule has 4 rings (SSSR count). The normalized spacial score (nSPS) is 13.5. The van der Waals surface area contributed by atoms with Crippen molar-refractivity contribution in [2.45, 2.75) is 6.92 Å². The minimum Gasteiger partial charge on any atom is -0.342 e. The molecular weight excluding hydrogens is 418 g/mol. The zero-order valence-electron chi connectivity index (χ0n) is 18.4. The van der Waals surface area contributed by atoms with Crippen molar-refractivity contribution in [3.8, 4) is 11.3 Å². The molecule has 1 aliphatic heterocycles. The van der Waals surface area contributed by atoms with Gasteiger partial charge in [-0.3, -0.25) is 19.4 Å². The molecule has 33 heavy (non-hydrogen) atoms. The molecule has 8 nitrogen and oxygen atoms in total. The highest BCUT2D eigenvalue weighted by Crippen LogP contribution is 2.15. The van der Waals surface area contributed by atoms with Crippen molar-refractivity contribution in [2.75, 3.05) is 32.7 Å². The highest BCUT2D eigenvalue weighted by molar-refractivity contribution is 5.96. The third-order valence-corrected chi connectivity index (χ3v) is 5.65. The van der Waals surface area contributed by atoms with E-state index in [1.807, 2.05) is 61.5 Å². The Balaban J connectivity index is 1.26. The third-order valence-electron chi connectivity index (χ3n) is 5.65. The molecule has 1 N–H and O–H groups in total. The molecule has 0 spiro atoms. The number of rotatable bonds is 5. The number of aryl methyl sites for hydroxylation is 1. The summed E-state index contributed by atoms with van der Waals surface area (Å²) in [4.78, 5) is 49.5. The first-order chi connectivity index (χ1) is 16.0. The molecule has 0 saturated carbocycles. The standard InChI is InChI=1S/C25H25N5O3/c1-18-7-5-6-10-20(18)25(33)30-13-11-29(12-14-30)23(31)17-28-24(32)22-16-26-21(15-27-22)19-8-3-2-4-9-19/h2-10,15-16H,11-14,17H2,1H3,(H,28,32). The van der Waals surface area contributed by atoms with Gasteiger partial charge >= 0.3 is 0 Å². The SMILES string of the molecule is Cc1ccccc1C(=O)N1CCN(C(=O)CNC(=O)c2cnc(-c3ccccc3)cn2)CC1. The maximum atomic E-state index is 12.7. The molecule has 1 aliphatic rings. The number of amides is 3. The molecule has 1 aromatic heterocycles. The van der Waals surface area contributed by atoms with Crippen molar-refractivity contribution < 1.29 is 14.4 Å². The van der Waals surface area contributed by atoms with E-state index >= 15 is 0 Å². The summed E-state index contributed by atoms with van der Waals surface area (Å²) >= 11 is 0. The Morgan fingerprint density at radius 3 is 2.18 bits per heavy atom. The minimum absolute atomic E-state index is 0.0222.